The van der Waals surface area contributed by atoms with Gasteiger partial charge in [-0.05, 0) is 38.2 Å². The Labute approximate surface area is 136 Å². The molecular formula is C16H22FNO4S. The van der Waals surface area contributed by atoms with Crippen LogP contribution in [0.5, 0.6) is 0 Å². The third-order valence-corrected chi connectivity index (χ3v) is 4.71. The quantitative estimate of drug-likeness (QED) is 0.765. The first-order chi connectivity index (χ1) is 10.6. The van der Waals surface area contributed by atoms with Crippen molar-refractivity contribution in [3.63, 3.8) is 0 Å². The fraction of sp³-hybridized carbons (Fsp3) is 0.562. The fourth-order valence-electron chi connectivity index (χ4n) is 3.28. The van der Waals surface area contributed by atoms with Crippen LogP contribution in [0.3, 0.4) is 0 Å². The number of Topliss-reactive ketones (excluding diaryl/α,β-unsaturated/α-hetero) is 1. The largest absolute Gasteiger partial charge is 0.309 e. The third-order valence-electron chi connectivity index (χ3n) is 4.11. The molecule has 0 radical (unpaired) electrons. The van der Waals surface area contributed by atoms with Gasteiger partial charge in [-0.15, -0.1) is 0 Å². The number of halogens is 1. The summed E-state index contributed by atoms with van der Waals surface area (Å²) in [5.74, 6) is -0.754. The lowest BCUT2D eigenvalue weighted by molar-refractivity contribution is -0.129. The molecule has 5 nitrogen and oxygen atoms in total. The summed E-state index contributed by atoms with van der Waals surface area (Å²) in [6.07, 6.45) is 1.64. The van der Waals surface area contributed by atoms with Crippen molar-refractivity contribution in [3.05, 3.63) is 35.6 Å². The molecule has 128 valence electrons. The zero-order chi connectivity index (χ0) is 17.3. The first-order valence-electron chi connectivity index (χ1n) is 7.45. The van der Waals surface area contributed by atoms with E-state index in [0.29, 0.717) is 12.1 Å². The number of benzene rings is 1. The highest BCUT2D eigenvalue weighted by atomic mass is 32.2. The number of carbonyl (C=O) groups is 1. The summed E-state index contributed by atoms with van der Waals surface area (Å²) in [4.78, 5) is 13.8. The zero-order valence-corrected chi connectivity index (χ0v) is 14.4. The second-order valence-corrected chi connectivity index (χ2v) is 7.96. The van der Waals surface area contributed by atoms with Gasteiger partial charge < -0.3 is 4.90 Å². The average Bonchev–Trinajstić information content (AvgIpc) is 2.40. The first-order valence-corrected chi connectivity index (χ1v) is 9.27. The molecule has 0 aliphatic heterocycles. The van der Waals surface area contributed by atoms with E-state index >= 15 is 0 Å². The van der Waals surface area contributed by atoms with Crippen molar-refractivity contribution in [2.24, 2.45) is 5.92 Å². The number of ketones is 1. The summed E-state index contributed by atoms with van der Waals surface area (Å²) in [7, 11) is -0.0954. The van der Waals surface area contributed by atoms with E-state index in [1.165, 1.54) is 18.2 Å². The Bertz CT molecular complexity index is 689. The normalized spacial score (nSPS) is 25.8. The molecule has 0 heterocycles. The zero-order valence-electron chi connectivity index (χ0n) is 13.6. The maximum absolute atomic E-state index is 13.7. The van der Waals surface area contributed by atoms with Crippen LogP contribution < -0.4 is 0 Å². The highest BCUT2D eigenvalue weighted by Crippen LogP contribution is 2.45. The number of carbonyl (C=O) groups excluding carboxylic acids is 1. The number of hydrogen-bond donors (Lipinski definition) is 0. The van der Waals surface area contributed by atoms with E-state index < -0.39 is 21.5 Å². The van der Waals surface area contributed by atoms with E-state index in [9.17, 15) is 17.6 Å². The molecule has 0 bridgehead atoms. The topological polar surface area (TPSA) is 63.7 Å². The van der Waals surface area contributed by atoms with Crippen molar-refractivity contribution < 1.29 is 21.8 Å². The molecule has 2 unspecified atom stereocenters. The Kier molecular flexibility index (Phi) is 5.23. The highest BCUT2D eigenvalue weighted by Gasteiger charge is 2.48. The summed E-state index contributed by atoms with van der Waals surface area (Å²) in [6, 6.07) is 5.78. The van der Waals surface area contributed by atoms with Gasteiger partial charge in [-0.1, -0.05) is 12.1 Å². The van der Waals surface area contributed by atoms with Gasteiger partial charge in [0.25, 0.3) is 10.1 Å². The fourth-order valence-corrected chi connectivity index (χ4v) is 4.14. The molecule has 1 aliphatic rings. The van der Waals surface area contributed by atoms with Crippen LogP contribution in [-0.4, -0.2) is 46.0 Å². The lowest BCUT2D eigenvalue weighted by Gasteiger charge is -2.43. The third kappa shape index (κ3) is 4.37. The van der Waals surface area contributed by atoms with Crippen molar-refractivity contribution in [3.8, 4) is 0 Å². The molecule has 7 heteroatoms. The SMILES string of the molecule is CN(C)CC1CC(=O)CCC1(OS(C)(=O)=O)c1cccc(F)c1. The van der Waals surface area contributed by atoms with Gasteiger partial charge in [0.05, 0.1) is 6.26 Å². The van der Waals surface area contributed by atoms with E-state index in [-0.39, 0.29) is 31.0 Å². The Morgan fingerprint density at radius 1 is 1.39 bits per heavy atom. The van der Waals surface area contributed by atoms with Gasteiger partial charge in [0.1, 0.15) is 17.2 Å². The molecule has 1 aromatic carbocycles. The predicted octanol–water partition coefficient (Wildman–Crippen LogP) is 1.93. The van der Waals surface area contributed by atoms with Crippen molar-refractivity contribution in [1.82, 2.24) is 4.90 Å². The van der Waals surface area contributed by atoms with Crippen molar-refractivity contribution >= 4 is 15.9 Å². The van der Waals surface area contributed by atoms with Gasteiger partial charge in [-0.2, -0.15) is 8.42 Å². The molecule has 0 amide bonds. The molecule has 1 saturated carbocycles. The Hall–Kier alpha value is -1.31. The van der Waals surface area contributed by atoms with Crippen LogP contribution in [0.4, 0.5) is 4.39 Å². The number of rotatable bonds is 5. The van der Waals surface area contributed by atoms with Gasteiger partial charge in [0.15, 0.2) is 0 Å². The molecule has 0 spiro atoms. The number of nitrogens with zero attached hydrogens (tertiary/aromatic N) is 1. The van der Waals surface area contributed by atoms with Crippen LogP contribution >= 0.6 is 0 Å². The molecule has 23 heavy (non-hydrogen) atoms. The Morgan fingerprint density at radius 3 is 2.65 bits per heavy atom. The molecule has 1 fully saturated rings. The summed E-state index contributed by atoms with van der Waals surface area (Å²) in [5, 5.41) is 0. The lowest BCUT2D eigenvalue weighted by Crippen LogP contribution is -2.48. The number of hydrogen-bond acceptors (Lipinski definition) is 5. The predicted molar refractivity (Wildman–Crippen MR) is 84.9 cm³/mol. The van der Waals surface area contributed by atoms with Crippen LogP contribution in [0, 0.1) is 11.7 Å². The second-order valence-electron chi connectivity index (χ2n) is 6.39. The molecular weight excluding hydrogens is 321 g/mol. The average molecular weight is 343 g/mol. The van der Waals surface area contributed by atoms with Gasteiger partial charge in [-0.3, -0.25) is 8.98 Å². The molecule has 2 rings (SSSR count). The Morgan fingerprint density at radius 2 is 2.09 bits per heavy atom. The van der Waals surface area contributed by atoms with Gasteiger partial charge >= 0.3 is 0 Å². The lowest BCUT2D eigenvalue weighted by atomic mass is 9.71. The minimum atomic E-state index is -3.78. The minimum absolute atomic E-state index is 0.0704. The molecule has 2 atom stereocenters. The molecule has 1 aliphatic carbocycles. The molecule has 1 aromatic rings. The van der Waals surface area contributed by atoms with E-state index in [0.717, 1.165) is 6.26 Å². The summed E-state index contributed by atoms with van der Waals surface area (Å²) >= 11 is 0. The Balaban J connectivity index is 2.56. The van der Waals surface area contributed by atoms with E-state index in [1.807, 2.05) is 19.0 Å². The van der Waals surface area contributed by atoms with Crippen LogP contribution in [0.2, 0.25) is 0 Å². The van der Waals surface area contributed by atoms with E-state index in [1.54, 1.807) is 6.07 Å². The van der Waals surface area contributed by atoms with Gasteiger partial charge in [0.2, 0.25) is 0 Å². The smallest absolute Gasteiger partial charge is 0.265 e. The standard InChI is InChI=1S/C16H22FNO4S/c1-18(2)11-13-10-15(19)7-8-16(13,22-23(3,20)21)12-5-4-6-14(17)9-12/h4-6,9,13H,7-8,10-11H2,1-3H3. The summed E-state index contributed by atoms with van der Waals surface area (Å²) in [6.45, 7) is 0.470. The monoisotopic (exact) mass is 343 g/mol. The maximum atomic E-state index is 13.7. The second kappa shape index (κ2) is 6.67. The molecule has 0 saturated heterocycles. The molecule has 0 N–H and O–H groups in total. The van der Waals surface area contributed by atoms with Crippen molar-refractivity contribution in [2.75, 3.05) is 26.9 Å². The molecule has 0 aromatic heterocycles. The maximum Gasteiger partial charge on any atom is 0.265 e. The summed E-state index contributed by atoms with van der Waals surface area (Å²) in [5.41, 5.74) is -0.754. The van der Waals surface area contributed by atoms with Crippen LogP contribution in [0.15, 0.2) is 24.3 Å². The van der Waals surface area contributed by atoms with Crippen LogP contribution in [-0.2, 0) is 24.7 Å². The van der Waals surface area contributed by atoms with E-state index in [2.05, 4.69) is 0 Å². The van der Waals surface area contributed by atoms with Crippen LogP contribution in [0.1, 0.15) is 24.8 Å². The van der Waals surface area contributed by atoms with E-state index in [4.69, 9.17) is 4.18 Å². The van der Waals surface area contributed by atoms with Crippen molar-refractivity contribution in [2.45, 2.75) is 24.9 Å². The van der Waals surface area contributed by atoms with Gasteiger partial charge in [0, 0.05) is 25.3 Å². The van der Waals surface area contributed by atoms with Gasteiger partial charge in [-0.25, -0.2) is 4.39 Å². The van der Waals surface area contributed by atoms with Crippen LogP contribution in [0.25, 0.3) is 0 Å². The minimum Gasteiger partial charge on any atom is -0.309 e. The highest BCUT2D eigenvalue weighted by molar-refractivity contribution is 7.86. The first kappa shape index (κ1) is 18.0. The summed E-state index contributed by atoms with van der Waals surface area (Å²) < 4.78 is 42.9. The van der Waals surface area contributed by atoms with Crippen molar-refractivity contribution in [1.29, 1.82) is 0 Å².